The summed E-state index contributed by atoms with van der Waals surface area (Å²) in [6.45, 7) is 15.7. The second-order valence-corrected chi connectivity index (χ2v) is 16.0. The van der Waals surface area contributed by atoms with Crippen molar-refractivity contribution in [2.45, 2.75) is 118 Å². The van der Waals surface area contributed by atoms with Crippen molar-refractivity contribution < 1.29 is 14.6 Å². The summed E-state index contributed by atoms with van der Waals surface area (Å²) in [4.78, 5) is 17.1. The van der Waals surface area contributed by atoms with Gasteiger partial charge in [-0.15, -0.1) is 0 Å². The zero-order chi connectivity index (χ0) is 27.8. The summed E-state index contributed by atoms with van der Waals surface area (Å²) in [5.41, 5.74) is 1.67. The van der Waals surface area contributed by atoms with E-state index in [2.05, 4.69) is 46.5 Å². The van der Waals surface area contributed by atoms with Crippen molar-refractivity contribution >= 4 is 5.97 Å². The van der Waals surface area contributed by atoms with Gasteiger partial charge in [0, 0.05) is 17.8 Å². The van der Waals surface area contributed by atoms with Crippen molar-refractivity contribution in [3.8, 4) is 0 Å². The molecule has 10 atom stereocenters. The molecule has 5 saturated carbocycles. The lowest BCUT2D eigenvalue weighted by atomic mass is 9.32. The highest BCUT2D eigenvalue weighted by molar-refractivity contribution is 5.88. The number of pyridine rings is 1. The molecule has 0 saturated heterocycles. The predicted octanol–water partition coefficient (Wildman–Crippen LogP) is 8.09. The summed E-state index contributed by atoms with van der Waals surface area (Å²) in [6.07, 6.45) is 16.7. The maximum Gasteiger partial charge on any atom is 0.339 e. The van der Waals surface area contributed by atoms with Gasteiger partial charge < -0.3 is 9.84 Å². The Balaban J connectivity index is 1.30. The summed E-state index contributed by atoms with van der Waals surface area (Å²) in [5.74, 6) is 3.22. The number of hydrogen-bond acceptors (Lipinski definition) is 4. The summed E-state index contributed by atoms with van der Waals surface area (Å²) < 4.78 is 6.13. The first-order valence-corrected chi connectivity index (χ1v) is 16.2. The molecule has 4 heteroatoms. The Morgan fingerprint density at radius 2 is 1.74 bits per heavy atom. The van der Waals surface area contributed by atoms with Gasteiger partial charge in [0.1, 0.15) is 0 Å². The van der Waals surface area contributed by atoms with Crippen LogP contribution in [0, 0.1) is 56.7 Å². The van der Waals surface area contributed by atoms with Gasteiger partial charge in [0.25, 0.3) is 0 Å². The molecule has 0 radical (unpaired) electrons. The number of carbonyl (C=O) groups excluding carboxylic acids is 1. The van der Waals surface area contributed by atoms with Crippen molar-refractivity contribution in [1.82, 2.24) is 4.98 Å². The molecule has 5 aliphatic rings. The molecule has 0 aliphatic heterocycles. The van der Waals surface area contributed by atoms with E-state index in [0.717, 1.165) is 18.3 Å². The van der Waals surface area contributed by atoms with Gasteiger partial charge in [0.15, 0.2) is 0 Å². The molecule has 5 aliphatic carbocycles. The number of aliphatic hydroxyl groups is 1. The molecule has 1 heterocycles. The molecule has 4 nitrogen and oxygen atoms in total. The van der Waals surface area contributed by atoms with Gasteiger partial charge in [-0.1, -0.05) is 48.0 Å². The number of nitrogens with zero attached hydrogens (tertiary/aromatic N) is 1. The second kappa shape index (κ2) is 9.30. The number of fused-ring (bicyclic) bond motifs is 7. The van der Waals surface area contributed by atoms with Gasteiger partial charge in [-0.25, -0.2) is 4.79 Å². The van der Waals surface area contributed by atoms with Crippen LogP contribution in [0.2, 0.25) is 0 Å². The minimum atomic E-state index is -0.214. The third-order valence-corrected chi connectivity index (χ3v) is 14.6. The summed E-state index contributed by atoms with van der Waals surface area (Å²) >= 11 is 0. The van der Waals surface area contributed by atoms with E-state index in [9.17, 15) is 9.90 Å². The van der Waals surface area contributed by atoms with Gasteiger partial charge in [-0.3, -0.25) is 4.98 Å². The van der Waals surface area contributed by atoms with E-state index in [1.807, 2.05) is 12.1 Å². The van der Waals surface area contributed by atoms with Gasteiger partial charge in [-0.2, -0.15) is 0 Å². The zero-order valence-electron chi connectivity index (χ0n) is 25.5. The lowest BCUT2D eigenvalue weighted by Crippen LogP contribution is -2.66. The van der Waals surface area contributed by atoms with Crippen LogP contribution in [0.15, 0.2) is 24.5 Å². The third kappa shape index (κ3) is 3.78. The SMILES string of the molecule is CC[C@@H]1CCC2(COC(=O)c3cccnc3)CC[C@]3(C)C(CCC4[C@@]5(C)CC[C@H](O)C(C)(C)C5CC[C@]43C)C12. The number of aliphatic hydroxyl groups excluding tert-OH is 1. The topological polar surface area (TPSA) is 59.4 Å². The van der Waals surface area contributed by atoms with Crippen molar-refractivity contribution in [2.24, 2.45) is 56.7 Å². The minimum Gasteiger partial charge on any atom is -0.461 e. The van der Waals surface area contributed by atoms with Crippen molar-refractivity contribution in [1.29, 1.82) is 0 Å². The Morgan fingerprint density at radius 3 is 2.46 bits per heavy atom. The first kappa shape index (κ1) is 27.7. The van der Waals surface area contributed by atoms with Gasteiger partial charge in [-0.05, 0) is 128 Å². The van der Waals surface area contributed by atoms with E-state index in [4.69, 9.17) is 4.74 Å². The third-order valence-electron chi connectivity index (χ3n) is 14.6. The number of carbonyl (C=O) groups is 1. The normalized spacial score (nSPS) is 48.3. The first-order valence-electron chi connectivity index (χ1n) is 16.2. The van der Waals surface area contributed by atoms with Crippen LogP contribution in [-0.4, -0.2) is 28.8 Å². The highest BCUT2D eigenvalue weighted by Crippen LogP contribution is 2.77. The van der Waals surface area contributed by atoms with Gasteiger partial charge in [0.05, 0.1) is 18.3 Å². The molecule has 1 N–H and O–H groups in total. The highest BCUT2D eigenvalue weighted by atomic mass is 16.5. The minimum absolute atomic E-state index is 0.00467. The van der Waals surface area contributed by atoms with E-state index in [1.54, 1.807) is 12.4 Å². The Labute approximate surface area is 237 Å². The Kier molecular flexibility index (Phi) is 6.61. The number of aromatic nitrogens is 1. The van der Waals surface area contributed by atoms with Crippen LogP contribution < -0.4 is 0 Å². The fraction of sp³-hybridized carbons (Fsp3) is 0.829. The monoisotopic (exact) mass is 535 g/mol. The Hall–Kier alpha value is -1.42. The lowest BCUT2D eigenvalue weighted by Gasteiger charge is -2.73. The van der Waals surface area contributed by atoms with Crippen LogP contribution in [0.3, 0.4) is 0 Å². The quantitative estimate of drug-likeness (QED) is 0.396. The van der Waals surface area contributed by atoms with Gasteiger partial charge >= 0.3 is 5.97 Å². The first-order chi connectivity index (χ1) is 18.4. The van der Waals surface area contributed by atoms with Crippen LogP contribution in [0.5, 0.6) is 0 Å². The van der Waals surface area contributed by atoms with Crippen LogP contribution in [0.4, 0.5) is 0 Å². The number of rotatable bonds is 4. The smallest absolute Gasteiger partial charge is 0.339 e. The zero-order valence-corrected chi connectivity index (χ0v) is 25.5. The van der Waals surface area contributed by atoms with Crippen LogP contribution in [0.25, 0.3) is 0 Å². The summed E-state index contributed by atoms with van der Waals surface area (Å²) in [6, 6.07) is 3.63. The molecule has 1 aromatic heterocycles. The van der Waals surface area contributed by atoms with E-state index in [-0.39, 0.29) is 22.9 Å². The molecule has 0 spiro atoms. The molecule has 0 aromatic carbocycles. The van der Waals surface area contributed by atoms with E-state index >= 15 is 0 Å². The van der Waals surface area contributed by atoms with Crippen molar-refractivity contribution in [2.75, 3.05) is 6.61 Å². The second-order valence-electron chi connectivity index (χ2n) is 16.0. The molecule has 39 heavy (non-hydrogen) atoms. The predicted molar refractivity (Wildman–Crippen MR) is 155 cm³/mol. The molecular formula is C35H53NO3. The summed E-state index contributed by atoms with van der Waals surface area (Å²) in [7, 11) is 0. The largest absolute Gasteiger partial charge is 0.461 e. The number of esters is 1. The van der Waals surface area contributed by atoms with Gasteiger partial charge in [0.2, 0.25) is 0 Å². The van der Waals surface area contributed by atoms with Crippen molar-refractivity contribution in [3.05, 3.63) is 30.1 Å². The fourth-order valence-corrected chi connectivity index (χ4v) is 12.4. The molecule has 0 amide bonds. The average molecular weight is 536 g/mol. The maximum absolute atomic E-state index is 13.0. The maximum atomic E-state index is 13.0. The Morgan fingerprint density at radius 1 is 0.949 bits per heavy atom. The molecule has 5 unspecified atom stereocenters. The van der Waals surface area contributed by atoms with Crippen LogP contribution in [-0.2, 0) is 4.74 Å². The lowest BCUT2D eigenvalue weighted by molar-refractivity contribution is -0.250. The molecular weight excluding hydrogens is 482 g/mol. The molecule has 6 rings (SSSR count). The summed E-state index contributed by atoms with van der Waals surface area (Å²) in [5, 5.41) is 11.0. The van der Waals surface area contributed by atoms with Crippen LogP contribution >= 0.6 is 0 Å². The number of hydrogen-bond donors (Lipinski definition) is 1. The average Bonchev–Trinajstić information content (AvgIpc) is 3.29. The molecule has 1 aromatic rings. The molecule has 0 bridgehead atoms. The fourth-order valence-electron chi connectivity index (χ4n) is 12.4. The molecule has 216 valence electrons. The van der Waals surface area contributed by atoms with E-state index in [1.165, 1.54) is 64.2 Å². The highest BCUT2D eigenvalue weighted by Gasteiger charge is 2.70. The van der Waals surface area contributed by atoms with Crippen LogP contribution in [0.1, 0.15) is 123 Å². The van der Waals surface area contributed by atoms with E-state index in [0.29, 0.717) is 46.2 Å². The van der Waals surface area contributed by atoms with Crippen molar-refractivity contribution in [3.63, 3.8) is 0 Å². The van der Waals surface area contributed by atoms with E-state index < -0.39 is 0 Å². The number of ether oxygens (including phenoxy) is 1. The Bertz CT molecular complexity index is 1090. The molecule has 5 fully saturated rings. The standard InChI is InChI=1S/C35H53NO3/c1-7-23-12-17-35(22-39-30(38)24-9-8-20-36-21-24)19-18-33(5)25(29(23)35)10-11-27-32(4)15-14-28(37)31(2,3)26(32)13-16-34(27,33)6/h8-9,20-21,23,25-29,37H,7,10-19,22H2,1-6H3/t23-,25?,26?,27?,28+,29?,32+,33-,34-,35?/m1/s1.